The highest BCUT2D eigenvalue weighted by Gasteiger charge is 2.63. The number of hydrogen-bond acceptors (Lipinski definition) is 1. The summed E-state index contributed by atoms with van der Waals surface area (Å²) >= 11 is 0. The zero-order valence-electron chi connectivity index (χ0n) is 13.4. The highest BCUT2D eigenvalue weighted by atomic mass is 16.5. The molecule has 0 aromatic heterocycles. The first-order chi connectivity index (χ1) is 8.79. The molecule has 2 fully saturated rings. The van der Waals surface area contributed by atoms with Crippen molar-refractivity contribution in [2.45, 2.75) is 78.7 Å². The van der Waals surface area contributed by atoms with Crippen LogP contribution < -0.4 is 0 Å². The third-order valence-electron chi connectivity index (χ3n) is 6.59. The number of hydrogen-bond donors (Lipinski definition) is 0. The first-order valence-electron chi connectivity index (χ1n) is 8.13. The van der Waals surface area contributed by atoms with E-state index in [4.69, 9.17) is 4.74 Å². The summed E-state index contributed by atoms with van der Waals surface area (Å²) in [7, 11) is 0. The smallest absolute Gasteiger partial charge is 0.117 e. The minimum Gasteiger partial charge on any atom is -0.494 e. The van der Waals surface area contributed by atoms with Crippen LogP contribution in [0.2, 0.25) is 0 Å². The highest BCUT2D eigenvalue weighted by molar-refractivity contribution is 5.19. The lowest BCUT2D eigenvalue weighted by Crippen LogP contribution is -2.64. The molecular formula is C18H30O. The van der Waals surface area contributed by atoms with Gasteiger partial charge in [-0.2, -0.15) is 0 Å². The van der Waals surface area contributed by atoms with Crippen molar-refractivity contribution in [2.75, 3.05) is 0 Å². The Labute approximate surface area is 118 Å². The van der Waals surface area contributed by atoms with Gasteiger partial charge in [0.1, 0.15) is 5.60 Å². The van der Waals surface area contributed by atoms with Crippen LogP contribution >= 0.6 is 0 Å². The number of rotatable bonds is 0. The first-order valence-corrected chi connectivity index (χ1v) is 8.13. The molecule has 2 saturated carbocycles. The van der Waals surface area contributed by atoms with Crippen molar-refractivity contribution >= 4 is 0 Å². The molecule has 2 aliphatic carbocycles. The van der Waals surface area contributed by atoms with Crippen molar-refractivity contribution < 1.29 is 4.74 Å². The van der Waals surface area contributed by atoms with Gasteiger partial charge in [0, 0.05) is 11.3 Å². The lowest BCUT2D eigenvalue weighted by atomic mass is 9.45. The lowest BCUT2D eigenvalue weighted by Gasteiger charge is -2.64. The fraction of sp³-hybridized carbons (Fsp3) is 0.889. The monoisotopic (exact) mass is 262 g/mol. The Morgan fingerprint density at radius 1 is 1.16 bits per heavy atom. The molecule has 1 spiro atoms. The Hall–Kier alpha value is -0.460. The van der Waals surface area contributed by atoms with E-state index in [2.05, 4.69) is 40.9 Å². The summed E-state index contributed by atoms with van der Waals surface area (Å²) in [6, 6.07) is 0. The lowest BCUT2D eigenvalue weighted by molar-refractivity contribution is -0.223. The second kappa shape index (κ2) is 4.02. The quantitative estimate of drug-likeness (QED) is 0.574. The maximum atomic E-state index is 6.53. The summed E-state index contributed by atoms with van der Waals surface area (Å²) < 4.78 is 6.53. The van der Waals surface area contributed by atoms with E-state index in [1.54, 1.807) is 0 Å². The molecule has 2 unspecified atom stereocenters. The van der Waals surface area contributed by atoms with Crippen LogP contribution in [0.1, 0.15) is 73.1 Å². The van der Waals surface area contributed by atoms with Crippen LogP contribution in [0.25, 0.3) is 0 Å². The van der Waals surface area contributed by atoms with E-state index in [-0.39, 0.29) is 5.60 Å². The number of allylic oxidation sites excluding steroid dienone is 1. The third kappa shape index (κ3) is 1.80. The summed E-state index contributed by atoms with van der Waals surface area (Å²) in [4.78, 5) is 0. The zero-order chi connectivity index (χ0) is 13.9. The fourth-order valence-corrected chi connectivity index (χ4v) is 5.49. The summed E-state index contributed by atoms with van der Waals surface area (Å²) in [5.41, 5.74) is 2.36. The molecule has 0 radical (unpaired) electrons. The Morgan fingerprint density at radius 2 is 1.89 bits per heavy atom. The third-order valence-corrected chi connectivity index (χ3v) is 6.59. The van der Waals surface area contributed by atoms with Crippen LogP contribution in [0.15, 0.2) is 11.8 Å². The van der Waals surface area contributed by atoms with Crippen LogP contribution in [-0.4, -0.2) is 5.60 Å². The second-order valence-electron chi connectivity index (χ2n) is 8.64. The minimum absolute atomic E-state index is 0.117. The van der Waals surface area contributed by atoms with E-state index >= 15 is 0 Å². The molecule has 1 heteroatoms. The molecule has 4 atom stereocenters. The minimum atomic E-state index is 0.117. The van der Waals surface area contributed by atoms with E-state index in [1.165, 1.54) is 44.1 Å². The van der Waals surface area contributed by atoms with Crippen LogP contribution in [0.3, 0.4) is 0 Å². The summed E-state index contributed by atoms with van der Waals surface area (Å²) in [6.07, 6.45) is 10.0. The number of ether oxygens (including phenoxy) is 1. The molecule has 19 heavy (non-hydrogen) atoms. The van der Waals surface area contributed by atoms with E-state index in [1.807, 2.05) is 0 Å². The topological polar surface area (TPSA) is 9.23 Å². The van der Waals surface area contributed by atoms with E-state index < -0.39 is 0 Å². The van der Waals surface area contributed by atoms with Gasteiger partial charge in [0.2, 0.25) is 0 Å². The van der Waals surface area contributed by atoms with Crippen molar-refractivity contribution in [3.05, 3.63) is 11.8 Å². The van der Waals surface area contributed by atoms with Crippen molar-refractivity contribution in [3.8, 4) is 0 Å². The van der Waals surface area contributed by atoms with Gasteiger partial charge < -0.3 is 4.74 Å². The molecule has 1 aliphatic heterocycles. The normalized spacial score (nSPS) is 48.6. The van der Waals surface area contributed by atoms with Gasteiger partial charge in [0.15, 0.2) is 0 Å². The van der Waals surface area contributed by atoms with Gasteiger partial charge in [0.05, 0.1) is 6.26 Å². The molecular weight excluding hydrogens is 232 g/mol. The average molecular weight is 262 g/mol. The first kappa shape index (κ1) is 13.5. The fourth-order valence-electron chi connectivity index (χ4n) is 5.49. The summed E-state index contributed by atoms with van der Waals surface area (Å²) in [5.74, 6) is 1.55. The van der Waals surface area contributed by atoms with E-state index in [0.717, 1.165) is 11.8 Å². The zero-order valence-corrected chi connectivity index (χ0v) is 13.4. The molecule has 0 bridgehead atoms. The van der Waals surface area contributed by atoms with E-state index in [9.17, 15) is 0 Å². The van der Waals surface area contributed by atoms with Crippen molar-refractivity contribution in [1.29, 1.82) is 0 Å². The Kier molecular flexibility index (Phi) is 2.86. The molecule has 108 valence electrons. The molecule has 1 nitrogen and oxygen atoms in total. The maximum Gasteiger partial charge on any atom is 0.117 e. The molecule has 1 heterocycles. The largest absolute Gasteiger partial charge is 0.494 e. The van der Waals surface area contributed by atoms with Gasteiger partial charge in [-0.05, 0) is 55.9 Å². The second-order valence-corrected chi connectivity index (χ2v) is 8.64. The standard InChI is InChI=1S/C18H30O/c1-13-6-7-15-16(3,4)8-9-17(5)10-14(2)12-19-18(15,17)11-13/h12-13,15H,6-11H2,1-5H3/t13-,15?,17+,18?/m0/s1. The SMILES string of the molecule is CC1=COC23C[C@@H](C)CCC2C(C)(C)CC[C@]3(C)C1. The molecule has 0 amide bonds. The van der Waals surface area contributed by atoms with Gasteiger partial charge >= 0.3 is 0 Å². The Morgan fingerprint density at radius 3 is 2.63 bits per heavy atom. The summed E-state index contributed by atoms with van der Waals surface area (Å²) in [5, 5.41) is 0. The van der Waals surface area contributed by atoms with Crippen LogP contribution in [0.4, 0.5) is 0 Å². The summed E-state index contributed by atoms with van der Waals surface area (Å²) in [6.45, 7) is 12.1. The molecule has 0 saturated heterocycles. The maximum absolute atomic E-state index is 6.53. The van der Waals surface area contributed by atoms with Crippen LogP contribution in [0.5, 0.6) is 0 Å². The van der Waals surface area contributed by atoms with Gasteiger partial charge in [-0.3, -0.25) is 0 Å². The van der Waals surface area contributed by atoms with Crippen molar-refractivity contribution in [1.82, 2.24) is 0 Å². The van der Waals surface area contributed by atoms with Crippen molar-refractivity contribution in [2.24, 2.45) is 22.7 Å². The molecule has 3 rings (SSSR count). The van der Waals surface area contributed by atoms with Gasteiger partial charge in [-0.25, -0.2) is 0 Å². The predicted octanol–water partition coefficient (Wildman–Crippen LogP) is 5.31. The molecule has 0 aromatic rings. The van der Waals surface area contributed by atoms with Gasteiger partial charge in [0.25, 0.3) is 0 Å². The molecule has 0 aromatic carbocycles. The van der Waals surface area contributed by atoms with Gasteiger partial charge in [-0.15, -0.1) is 0 Å². The Balaban J connectivity index is 2.07. The molecule has 3 aliphatic rings. The highest BCUT2D eigenvalue weighted by Crippen LogP contribution is 2.65. The predicted molar refractivity (Wildman–Crippen MR) is 79.8 cm³/mol. The van der Waals surface area contributed by atoms with Crippen molar-refractivity contribution in [3.63, 3.8) is 0 Å². The van der Waals surface area contributed by atoms with E-state index in [0.29, 0.717) is 10.8 Å². The Bertz CT molecular complexity index is 408. The molecule has 0 N–H and O–H groups in total. The average Bonchev–Trinajstić information content (AvgIpc) is 2.31. The van der Waals surface area contributed by atoms with Crippen LogP contribution in [-0.2, 0) is 4.74 Å². The van der Waals surface area contributed by atoms with Gasteiger partial charge in [-0.1, -0.05) is 34.1 Å². The van der Waals surface area contributed by atoms with Crippen LogP contribution in [0, 0.1) is 22.7 Å².